The molecule has 2 heteroatoms. The van der Waals surface area contributed by atoms with Crippen molar-refractivity contribution < 1.29 is 9.84 Å². The van der Waals surface area contributed by atoms with Gasteiger partial charge in [-0.25, -0.2) is 0 Å². The predicted molar refractivity (Wildman–Crippen MR) is 75.9 cm³/mol. The van der Waals surface area contributed by atoms with Gasteiger partial charge in [0.15, 0.2) is 0 Å². The first-order valence-electron chi connectivity index (χ1n) is 7.01. The third-order valence-corrected chi connectivity index (χ3v) is 3.07. The number of ether oxygens (including phenoxy) is 1. The van der Waals surface area contributed by atoms with Gasteiger partial charge in [-0.3, -0.25) is 0 Å². The maximum Gasteiger partial charge on any atom is 0.120 e. The van der Waals surface area contributed by atoms with E-state index in [4.69, 9.17) is 4.74 Å². The molecule has 0 unspecified atom stereocenters. The van der Waals surface area contributed by atoms with Crippen molar-refractivity contribution in [3.63, 3.8) is 0 Å². The lowest BCUT2D eigenvalue weighted by Gasteiger charge is -2.28. The van der Waals surface area contributed by atoms with Crippen molar-refractivity contribution in [1.29, 1.82) is 0 Å². The minimum Gasteiger partial charge on any atom is -0.491 e. The van der Waals surface area contributed by atoms with Crippen LogP contribution in [0.1, 0.15) is 58.9 Å². The third-order valence-electron chi connectivity index (χ3n) is 3.07. The second-order valence-corrected chi connectivity index (χ2v) is 5.23. The van der Waals surface area contributed by atoms with Gasteiger partial charge in [0.2, 0.25) is 0 Å². The molecule has 0 amide bonds. The Labute approximate surface area is 111 Å². The average molecular weight is 250 g/mol. The Kier molecular flexibility index (Phi) is 5.67. The maximum atomic E-state index is 10.8. The second kappa shape index (κ2) is 6.79. The Morgan fingerprint density at radius 1 is 1.17 bits per heavy atom. The van der Waals surface area contributed by atoms with Crippen LogP contribution >= 0.6 is 0 Å². The van der Waals surface area contributed by atoms with E-state index in [1.807, 2.05) is 38.1 Å². The Morgan fingerprint density at radius 3 is 2.28 bits per heavy atom. The number of hydrogen-bond acceptors (Lipinski definition) is 2. The van der Waals surface area contributed by atoms with E-state index in [1.165, 1.54) is 0 Å². The lowest BCUT2D eigenvalue weighted by Crippen LogP contribution is -2.25. The second-order valence-electron chi connectivity index (χ2n) is 5.23. The number of hydrogen-bond donors (Lipinski definition) is 1. The monoisotopic (exact) mass is 250 g/mol. The molecule has 0 bridgehead atoms. The Bertz CT molecular complexity index is 352. The van der Waals surface area contributed by atoms with E-state index >= 15 is 0 Å². The highest BCUT2D eigenvalue weighted by molar-refractivity contribution is 5.32. The molecule has 0 aliphatic heterocycles. The summed E-state index contributed by atoms with van der Waals surface area (Å²) in [5.41, 5.74) is 0.268. The molecule has 0 atom stereocenters. The molecular formula is C16H26O2. The molecule has 0 aliphatic rings. The highest BCUT2D eigenvalue weighted by Gasteiger charge is 2.27. The quantitative estimate of drug-likeness (QED) is 0.783. The highest BCUT2D eigenvalue weighted by Crippen LogP contribution is 2.33. The molecule has 0 saturated heterocycles. The van der Waals surface area contributed by atoms with Crippen LogP contribution in [-0.4, -0.2) is 11.2 Å². The van der Waals surface area contributed by atoms with E-state index in [0.29, 0.717) is 0 Å². The number of benzene rings is 1. The summed E-state index contributed by atoms with van der Waals surface area (Å²) in [6.45, 7) is 8.23. The average Bonchev–Trinajstić information content (AvgIpc) is 2.29. The van der Waals surface area contributed by atoms with Crippen LogP contribution in [0, 0.1) is 0 Å². The van der Waals surface area contributed by atoms with E-state index in [-0.39, 0.29) is 6.10 Å². The van der Waals surface area contributed by atoms with Gasteiger partial charge in [0.1, 0.15) is 5.75 Å². The van der Waals surface area contributed by atoms with E-state index in [2.05, 4.69) is 13.8 Å². The van der Waals surface area contributed by atoms with E-state index < -0.39 is 5.60 Å². The van der Waals surface area contributed by atoms with Crippen LogP contribution in [0.25, 0.3) is 0 Å². The summed E-state index contributed by atoms with van der Waals surface area (Å²) in [6.07, 6.45) is 3.71. The van der Waals surface area contributed by atoms with Crippen molar-refractivity contribution in [1.82, 2.24) is 0 Å². The summed E-state index contributed by atoms with van der Waals surface area (Å²) < 4.78 is 5.70. The van der Waals surface area contributed by atoms with Gasteiger partial charge in [0.05, 0.1) is 11.7 Å². The first kappa shape index (κ1) is 15.0. The van der Waals surface area contributed by atoms with Crippen LogP contribution in [0.4, 0.5) is 0 Å². The molecular weight excluding hydrogens is 224 g/mol. The normalized spacial score (nSPS) is 11.9. The van der Waals surface area contributed by atoms with Crippen molar-refractivity contribution in [3.05, 3.63) is 29.8 Å². The van der Waals surface area contributed by atoms with Crippen molar-refractivity contribution >= 4 is 0 Å². The van der Waals surface area contributed by atoms with E-state index in [9.17, 15) is 5.11 Å². The highest BCUT2D eigenvalue weighted by atomic mass is 16.5. The standard InChI is InChI=1S/C16H26O2/c1-5-10-16(17,11-6-2)14-8-7-9-15(12-14)18-13(3)4/h7-9,12-13,17H,5-6,10-11H2,1-4H3. The Balaban J connectivity index is 2.97. The van der Waals surface area contributed by atoms with Gasteiger partial charge < -0.3 is 9.84 Å². The molecule has 18 heavy (non-hydrogen) atoms. The molecule has 0 fully saturated rings. The fraction of sp³-hybridized carbons (Fsp3) is 0.625. The van der Waals surface area contributed by atoms with Crippen LogP contribution in [0.3, 0.4) is 0 Å². The van der Waals surface area contributed by atoms with Crippen molar-refractivity contribution in [2.75, 3.05) is 0 Å². The molecule has 0 spiro atoms. The number of aliphatic hydroxyl groups is 1. The minimum absolute atomic E-state index is 0.158. The van der Waals surface area contributed by atoms with Gasteiger partial charge in [0.25, 0.3) is 0 Å². The SMILES string of the molecule is CCCC(O)(CCC)c1cccc(OC(C)C)c1. The molecule has 0 heterocycles. The summed E-state index contributed by atoms with van der Waals surface area (Å²) in [7, 11) is 0. The first-order valence-corrected chi connectivity index (χ1v) is 7.01. The van der Waals surface area contributed by atoms with Gasteiger partial charge in [0, 0.05) is 0 Å². The molecule has 2 nitrogen and oxygen atoms in total. The lowest BCUT2D eigenvalue weighted by atomic mass is 9.85. The zero-order valence-electron chi connectivity index (χ0n) is 12.1. The van der Waals surface area contributed by atoms with Gasteiger partial charge in [-0.1, -0.05) is 38.8 Å². The predicted octanol–water partition coefficient (Wildman–Crippen LogP) is 4.26. The summed E-state index contributed by atoms with van der Waals surface area (Å²) in [5, 5.41) is 10.8. The van der Waals surface area contributed by atoms with Crippen LogP contribution in [0.15, 0.2) is 24.3 Å². The Hall–Kier alpha value is -1.02. The van der Waals surface area contributed by atoms with Gasteiger partial charge in [-0.15, -0.1) is 0 Å². The maximum absolute atomic E-state index is 10.8. The zero-order valence-corrected chi connectivity index (χ0v) is 12.1. The molecule has 0 aromatic heterocycles. The molecule has 0 aliphatic carbocycles. The summed E-state index contributed by atoms with van der Waals surface area (Å²) in [5.74, 6) is 0.841. The van der Waals surface area contributed by atoms with E-state index in [0.717, 1.165) is 37.0 Å². The fourth-order valence-electron chi connectivity index (χ4n) is 2.37. The van der Waals surface area contributed by atoms with Crippen LogP contribution in [-0.2, 0) is 5.60 Å². The molecule has 1 aromatic carbocycles. The molecule has 1 N–H and O–H groups in total. The van der Waals surface area contributed by atoms with Gasteiger partial charge in [-0.05, 0) is 44.4 Å². The fourth-order valence-corrected chi connectivity index (χ4v) is 2.37. The smallest absolute Gasteiger partial charge is 0.120 e. The van der Waals surface area contributed by atoms with Gasteiger partial charge in [-0.2, -0.15) is 0 Å². The summed E-state index contributed by atoms with van der Waals surface area (Å²) in [6, 6.07) is 7.88. The summed E-state index contributed by atoms with van der Waals surface area (Å²) in [4.78, 5) is 0. The Morgan fingerprint density at radius 2 is 1.78 bits per heavy atom. The first-order chi connectivity index (χ1) is 8.51. The molecule has 102 valence electrons. The topological polar surface area (TPSA) is 29.5 Å². The van der Waals surface area contributed by atoms with Crippen molar-refractivity contribution in [2.24, 2.45) is 0 Å². The number of rotatable bonds is 7. The van der Waals surface area contributed by atoms with Crippen molar-refractivity contribution in [2.45, 2.75) is 65.1 Å². The lowest BCUT2D eigenvalue weighted by molar-refractivity contribution is 0.0166. The minimum atomic E-state index is -0.708. The third kappa shape index (κ3) is 4.02. The summed E-state index contributed by atoms with van der Waals surface area (Å²) >= 11 is 0. The van der Waals surface area contributed by atoms with Crippen LogP contribution in [0.2, 0.25) is 0 Å². The van der Waals surface area contributed by atoms with E-state index in [1.54, 1.807) is 0 Å². The zero-order chi connectivity index (χ0) is 13.6. The largest absolute Gasteiger partial charge is 0.491 e. The van der Waals surface area contributed by atoms with Crippen LogP contribution < -0.4 is 4.74 Å². The molecule has 1 aromatic rings. The molecule has 1 rings (SSSR count). The molecule has 0 saturated carbocycles. The molecule has 0 radical (unpaired) electrons. The van der Waals surface area contributed by atoms with Crippen LogP contribution in [0.5, 0.6) is 5.75 Å². The van der Waals surface area contributed by atoms with Crippen molar-refractivity contribution in [3.8, 4) is 5.75 Å². The van der Waals surface area contributed by atoms with Gasteiger partial charge >= 0.3 is 0 Å².